The minimum atomic E-state index is -3.28. The number of hydrogen-bond donors (Lipinski definition) is 1. The number of nitrogens with one attached hydrogen (secondary N) is 1. The lowest BCUT2D eigenvalue weighted by molar-refractivity contribution is -0.117. The van der Waals surface area contributed by atoms with Crippen LogP contribution in [0.5, 0.6) is 0 Å². The van der Waals surface area contributed by atoms with E-state index < -0.39 is 10.0 Å². The number of aryl methyl sites for hydroxylation is 1. The lowest BCUT2D eigenvalue weighted by Gasteiger charge is -2.30. The van der Waals surface area contributed by atoms with Crippen molar-refractivity contribution in [2.24, 2.45) is 0 Å². The summed E-state index contributed by atoms with van der Waals surface area (Å²) in [7, 11) is -3.28. The Bertz CT molecular complexity index is 910. The van der Waals surface area contributed by atoms with Crippen molar-refractivity contribution in [2.45, 2.75) is 39.0 Å². The molecule has 0 fully saturated rings. The molecule has 1 heterocycles. The van der Waals surface area contributed by atoms with Crippen molar-refractivity contribution < 1.29 is 13.2 Å². The molecule has 2 aromatic rings. The SMILES string of the molecule is CCC(C(=O)Nc1ccc2c(c1)CCCN2S(=O)(=O)CC)c1ccccc1. The Morgan fingerprint density at radius 1 is 1.15 bits per heavy atom. The van der Waals surface area contributed by atoms with Crippen molar-refractivity contribution in [3.05, 3.63) is 59.7 Å². The van der Waals surface area contributed by atoms with Gasteiger partial charge in [0.2, 0.25) is 15.9 Å². The largest absolute Gasteiger partial charge is 0.326 e. The van der Waals surface area contributed by atoms with E-state index in [-0.39, 0.29) is 17.6 Å². The normalized spacial score (nSPS) is 15.1. The highest BCUT2D eigenvalue weighted by Crippen LogP contribution is 2.32. The average Bonchev–Trinajstić information content (AvgIpc) is 2.68. The van der Waals surface area contributed by atoms with Gasteiger partial charge in [-0.25, -0.2) is 8.42 Å². The van der Waals surface area contributed by atoms with Gasteiger partial charge in [-0.3, -0.25) is 9.10 Å². The second-order valence-electron chi connectivity index (χ2n) is 6.78. The van der Waals surface area contributed by atoms with Crippen LogP contribution in [0.15, 0.2) is 48.5 Å². The highest BCUT2D eigenvalue weighted by atomic mass is 32.2. The summed E-state index contributed by atoms with van der Waals surface area (Å²) < 4.78 is 26.1. The van der Waals surface area contributed by atoms with Crippen molar-refractivity contribution in [3.63, 3.8) is 0 Å². The molecule has 0 aliphatic carbocycles. The number of carbonyl (C=O) groups is 1. The summed E-state index contributed by atoms with van der Waals surface area (Å²) in [5, 5.41) is 3.00. The molecule has 1 N–H and O–H groups in total. The van der Waals surface area contributed by atoms with Gasteiger partial charge in [0.15, 0.2) is 0 Å². The fourth-order valence-corrected chi connectivity index (χ4v) is 4.77. The van der Waals surface area contributed by atoms with Gasteiger partial charge in [0.25, 0.3) is 0 Å². The fraction of sp³-hybridized carbons (Fsp3) is 0.381. The topological polar surface area (TPSA) is 66.5 Å². The lowest BCUT2D eigenvalue weighted by Crippen LogP contribution is -2.36. The summed E-state index contributed by atoms with van der Waals surface area (Å²) in [6.45, 7) is 4.17. The van der Waals surface area contributed by atoms with E-state index in [1.165, 1.54) is 4.31 Å². The number of anilines is 2. The number of hydrogen-bond acceptors (Lipinski definition) is 3. The number of rotatable bonds is 6. The molecule has 6 heteroatoms. The van der Waals surface area contributed by atoms with E-state index in [4.69, 9.17) is 0 Å². The van der Waals surface area contributed by atoms with Crippen molar-refractivity contribution in [3.8, 4) is 0 Å². The van der Waals surface area contributed by atoms with Crippen LogP contribution in [-0.4, -0.2) is 26.6 Å². The van der Waals surface area contributed by atoms with Crippen molar-refractivity contribution in [2.75, 3.05) is 21.9 Å². The van der Waals surface area contributed by atoms with E-state index >= 15 is 0 Å². The molecule has 0 bridgehead atoms. The van der Waals surface area contributed by atoms with Crippen LogP contribution in [0.4, 0.5) is 11.4 Å². The van der Waals surface area contributed by atoms with Gasteiger partial charge in [0.1, 0.15) is 0 Å². The summed E-state index contributed by atoms with van der Waals surface area (Å²) in [4.78, 5) is 12.8. The van der Waals surface area contributed by atoms with Gasteiger partial charge >= 0.3 is 0 Å². The summed E-state index contributed by atoms with van der Waals surface area (Å²) in [5.41, 5.74) is 3.40. The van der Waals surface area contributed by atoms with E-state index in [1.807, 2.05) is 43.3 Å². The first kappa shape index (κ1) is 19.4. The summed E-state index contributed by atoms with van der Waals surface area (Å²) in [5.74, 6) is -0.170. The van der Waals surface area contributed by atoms with Crippen LogP contribution in [0.25, 0.3) is 0 Å². The highest BCUT2D eigenvalue weighted by molar-refractivity contribution is 7.92. The summed E-state index contributed by atoms with van der Waals surface area (Å²) in [6, 6.07) is 15.2. The van der Waals surface area contributed by atoms with Gasteiger partial charge in [0.05, 0.1) is 17.4 Å². The van der Waals surface area contributed by atoms with Crippen molar-refractivity contribution in [1.29, 1.82) is 0 Å². The zero-order chi connectivity index (χ0) is 19.4. The molecule has 3 rings (SSSR count). The zero-order valence-corrected chi connectivity index (χ0v) is 16.6. The van der Waals surface area contributed by atoms with Crippen LogP contribution in [0, 0.1) is 0 Å². The van der Waals surface area contributed by atoms with Gasteiger partial charge in [-0.1, -0.05) is 37.3 Å². The summed E-state index contributed by atoms with van der Waals surface area (Å²) >= 11 is 0. The number of carbonyl (C=O) groups excluding carboxylic acids is 1. The van der Waals surface area contributed by atoms with E-state index in [1.54, 1.807) is 19.1 Å². The Morgan fingerprint density at radius 3 is 2.56 bits per heavy atom. The fourth-order valence-electron chi connectivity index (χ4n) is 3.57. The van der Waals surface area contributed by atoms with Gasteiger partial charge in [-0.05, 0) is 55.5 Å². The maximum Gasteiger partial charge on any atom is 0.234 e. The molecule has 2 aromatic carbocycles. The Hall–Kier alpha value is -2.34. The maximum atomic E-state index is 12.8. The molecule has 144 valence electrons. The molecule has 27 heavy (non-hydrogen) atoms. The van der Waals surface area contributed by atoms with Crippen molar-refractivity contribution in [1.82, 2.24) is 0 Å². The Morgan fingerprint density at radius 2 is 1.89 bits per heavy atom. The molecule has 1 unspecified atom stereocenters. The van der Waals surface area contributed by atoms with Crippen LogP contribution in [0.1, 0.15) is 43.7 Å². The molecular formula is C21H26N2O3S. The van der Waals surface area contributed by atoms with E-state index in [9.17, 15) is 13.2 Å². The zero-order valence-electron chi connectivity index (χ0n) is 15.8. The lowest BCUT2D eigenvalue weighted by atomic mass is 9.95. The third kappa shape index (κ3) is 4.16. The highest BCUT2D eigenvalue weighted by Gasteiger charge is 2.26. The third-order valence-electron chi connectivity index (χ3n) is 5.05. The maximum absolute atomic E-state index is 12.8. The van der Waals surface area contributed by atoms with Gasteiger partial charge < -0.3 is 5.32 Å². The van der Waals surface area contributed by atoms with Crippen molar-refractivity contribution >= 4 is 27.3 Å². The number of nitrogens with zero attached hydrogens (tertiary/aromatic N) is 1. The van der Waals surface area contributed by atoms with Crippen LogP contribution >= 0.6 is 0 Å². The Kier molecular flexibility index (Phi) is 5.85. The van der Waals surface area contributed by atoms with Gasteiger partial charge in [-0.15, -0.1) is 0 Å². The predicted molar refractivity (Wildman–Crippen MR) is 110 cm³/mol. The predicted octanol–water partition coefficient (Wildman–Crippen LogP) is 3.92. The number of benzene rings is 2. The minimum Gasteiger partial charge on any atom is -0.326 e. The van der Waals surface area contributed by atoms with Crippen LogP contribution < -0.4 is 9.62 Å². The quantitative estimate of drug-likeness (QED) is 0.818. The van der Waals surface area contributed by atoms with Gasteiger partial charge in [-0.2, -0.15) is 0 Å². The molecule has 1 atom stereocenters. The first-order valence-corrected chi connectivity index (χ1v) is 11.1. The summed E-state index contributed by atoms with van der Waals surface area (Å²) in [6.07, 6.45) is 2.30. The van der Waals surface area contributed by atoms with Crippen LogP contribution in [0.3, 0.4) is 0 Å². The second-order valence-corrected chi connectivity index (χ2v) is 8.96. The molecule has 5 nitrogen and oxygen atoms in total. The second kappa shape index (κ2) is 8.13. The molecule has 0 spiro atoms. The molecule has 1 aliphatic rings. The molecule has 0 aromatic heterocycles. The van der Waals surface area contributed by atoms with Crippen LogP contribution in [-0.2, 0) is 21.2 Å². The molecule has 0 radical (unpaired) electrons. The van der Waals surface area contributed by atoms with Crippen LogP contribution in [0.2, 0.25) is 0 Å². The molecule has 0 saturated carbocycles. The monoisotopic (exact) mass is 386 g/mol. The molecular weight excluding hydrogens is 360 g/mol. The Labute approximate surface area is 161 Å². The third-order valence-corrected chi connectivity index (χ3v) is 6.83. The first-order valence-electron chi connectivity index (χ1n) is 9.45. The number of amides is 1. The standard InChI is InChI=1S/C21H26N2O3S/c1-3-19(16-9-6-5-7-10-16)21(24)22-18-12-13-20-17(15-18)11-8-14-23(20)27(25,26)4-2/h5-7,9-10,12-13,15,19H,3-4,8,11,14H2,1-2H3,(H,22,24). The molecule has 0 saturated heterocycles. The van der Waals surface area contributed by atoms with E-state index in [0.29, 0.717) is 18.7 Å². The average molecular weight is 387 g/mol. The molecule has 1 aliphatic heterocycles. The van der Waals surface area contributed by atoms with E-state index in [0.717, 1.165) is 29.7 Å². The van der Waals surface area contributed by atoms with Gasteiger partial charge in [0, 0.05) is 12.2 Å². The first-order chi connectivity index (χ1) is 13.0. The molecule has 1 amide bonds. The smallest absolute Gasteiger partial charge is 0.234 e. The van der Waals surface area contributed by atoms with E-state index in [2.05, 4.69) is 5.32 Å². The Balaban J connectivity index is 1.82. The number of fused-ring (bicyclic) bond motifs is 1. The number of sulfonamides is 1. The minimum absolute atomic E-state index is 0.0440.